The monoisotopic (exact) mass is 459 g/mol. The zero-order chi connectivity index (χ0) is 22.9. The molecule has 2 aromatic carbocycles. The SMILES string of the molecule is Cc1ccccc1/C1=C/C(S(C)(=O)=O)OC2=C(CNCN2)C(Cc2ccc(F)cc2)[NH+]1[O-]. The van der Waals surface area contributed by atoms with Crippen molar-refractivity contribution in [2.75, 3.05) is 19.5 Å². The van der Waals surface area contributed by atoms with E-state index in [1.807, 2.05) is 31.2 Å². The number of hydrogen-bond donors (Lipinski definition) is 3. The third-order valence-electron chi connectivity index (χ3n) is 5.73. The molecule has 2 aliphatic heterocycles. The van der Waals surface area contributed by atoms with E-state index >= 15 is 0 Å². The number of benzene rings is 2. The second kappa shape index (κ2) is 9.03. The molecule has 2 aliphatic rings. The summed E-state index contributed by atoms with van der Waals surface area (Å²) in [5.74, 6) is -0.0433. The average molecular weight is 460 g/mol. The van der Waals surface area contributed by atoms with Crippen LogP contribution in [0.1, 0.15) is 16.7 Å². The molecule has 170 valence electrons. The van der Waals surface area contributed by atoms with Crippen LogP contribution in [-0.4, -0.2) is 39.4 Å². The molecule has 2 heterocycles. The van der Waals surface area contributed by atoms with Crippen molar-refractivity contribution in [3.8, 4) is 0 Å². The van der Waals surface area contributed by atoms with Gasteiger partial charge in [-0.1, -0.05) is 30.3 Å². The maximum Gasteiger partial charge on any atom is 0.224 e. The summed E-state index contributed by atoms with van der Waals surface area (Å²) in [6, 6.07) is 12.8. The molecule has 0 spiro atoms. The number of ether oxygens (including phenoxy) is 1. The number of rotatable bonds is 4. The highest BCUT2D eigenvalue weighted by Gasteiger charge is 2.36. The molecular weight excluding hydrogens is 433 g/mol. The number of quaternary nitrogens is 1. The maximum absolute atomic E-state index is 14.0. The Kier molecular flexibility index (Phi) is 6.34. The van der Waals surface area contributed by atoms with Crippen LogP contribution in [0.5, 0.6) is 0 Å². The Morgan fingerprint density at radius 1 is 1.19 bits per heavy atom. The van der Waals surface area contributed by atoms with Crippen LogP contribution in [0.25, 0.3) is 5.70 Å². The predicted octanol–water partition coefficient (Wildman–Crippen LogP) is 1.23. The van der Waals surface area contributed by atoms with Gasteiger partial charge in [0.2, 0.25) is 5.44 Å². The second-order valence-electron chi connectivity index (χ2n) is 8.09. The van der Waals surface area contributed by atoms with Crippen molar-refractivity contribution in [2.45, 2.75) is 24.8 Å². The lowest BCUT2D eigenvalue weighted by atomic mass is 9.95. The molecule has 3 unspecified atom stereocenters. The van der Waals surface area contributed by atoms with Gasteiger partial charge in [-0.2, -0.15) is 0 Å². The maximum atomic E-state index is 14.0. The Morgan fingerprint density at radius 2 is 1.91 bits per heavy atom. The summed E-state index contributed by atoms with van der Waals surface area (Å²) in [5, 5.41) is 20.0. The molecule has 7 nitrogen and oxygen atoms in total. The third kappa shape index (κ3) is 4.71. The van der Waals surface area contributed by atoms with Gasteiger partial charge in [0.05, 0.1) is 12.2 Å². The van der Waals surface area contributed by atoms with Gasteiger partial charge in [0.15, 0.2) is 15.7 Å². The van der Waals surface area contributed by atoms with Gasteiger partial charge in [-0.15, -0.1) is 0 Å². The summed E-state index contributed by atoms with van der Waals surface area (Å²) >= 11 is 0. The smallest absolute Gasteiger partial charge is 0.224 e. The molecular formula is C23H26FN3O4S. The number of nitrogens with one attached hydrogen (secondary N) is 3. The van der Waals surface area contributed by atoms with Crippen molar-refractivity contribution in [1.82, 2.24) is 10.6 Å². The van der Waals surface area contributed by atoms with Crippen LogP contribution < -0.4 is 15.7 Å². The fourth-order valence-corrected chi connectivity index (χ4v) is 4.68. The Bertz CT molecular complexity index is 1160. The van der Waals surface area contributed by atoms with Crippen molar-refractivity contribution >= 4 is 15.5 Å². The number of halogens is 1. The first-order valence-corrected chi connectivity index (χ1v) is 12.3. The minimum atomic E-state index is -3.66. The Morgan fingerprint density at radius 3 is 2.59 bits per heavy atom. The number of aryl methyl sites for hydroxylation is 1. The van der Waals surface area contributed by atoms with E-state index < -0.39 is 21.3 Å². The standard InChI is InChI=1S/C23H26FN3O4S/c1-15-5-3-4-6-18(15)21-12-22(32(2,29)30)31-23-19(13-25-14-26-23)20(27(21)28)11-16-7-9-17(24)10-8-16/h3-10,12,20,22,25-27H,11,13-14H2,1-2H3/b21-12-. The van der Waals surface area contributed by atoms with Gasteiger partial charge < -0.3 is 20.3 Å². The minimum absolute atomic E-state index is 0.196. The van der Waals surface area contributed by atoms with Crippen LogP contribution in [0.3, 0.4) is 0 Å². The summed E-state index contributed by atoms with van der Waals surface area (Å²) in [4.78, 5) is 0. The fraction of sp³-hybridized carbons (Fsp3) is 0.304. The average Bonchev–Trinajstić information content (AvgIpc) is 2.75. The minimum Gasteiger partial charge on any atom is -0.628 e. The van der Waals surface area contributed by atoms with E-state index in [0.29, 0.717) is 42.4 Å². The van der Waals surface area contributed by atoms with Crippen LogP contribution in [0.2, 0.25) is 0 Å². The lowest BCUT2D eigenvalue weighted by Gasteiger charge is -2.39. The van der Waals surface area contributed by atoms with Crippen molar-refractivity contribution in [2.24, 2.45) is 0 Å². The van der Waals surface area contributed by atoms with E-state index in [1.165, 1.54) is 18.2 Å². The van der Waals surface area contributed by atoms with Crippen molar-refractivity contribution in [3.63, 3.8) is 0 Å². The van der Waals surface area contributed by atoms with E-state index in [-0.39, 0.29) is 10.9 Å². The fourth-order valence-electron chi connectivity index (χ4n) is 4.03. The van der Waals surface area contributed by atoms with Gasteiger partial charge in [0.25, 0.3) is 0 Å². The first-order valence-electron chi connectivity index (χ1n) is 10.3. The molecule has 0 aromatic heterocycles. The summed E-state index contributed by atoms with van der Waals surface area (Å²) in [6.45, 7) is 2.64. The number of hydrogen-bond acceptors (Lipinski definition) is 6. The molecule has 0 bridgehead atoms. The third-order valence-corrected chi connectivity index (χ3v) is 6.81. The number of sulfone groups is 1. The van der Waals surface area contributed by atoms with E-state index in [1.54, 1.807) is 12.1 Å². The Labute approximate surface area is 187 Å². The van der Waals surface area contributed by atoms with Crippen LogP contribution in [0, 0.1) is 17.9 Å². The molecule has 0 saturated heterocycles. The molecule has 3 N–H and O–H groups in total. The lowest BCUT2D eigenvalue weighted by molar-refractivity contribution is -0.793. The van der Waals surface area contributed by atoms with Gasteiger partial charge >= 0.3 is 0 Å². The zero-order valence-corrected chi connectivity index (χ0v) is 18.7. The van der Waals surface area contributed by atoms with E-state index in [2.05, 4.69) is 10.6 Å². The van der Waals surface area contributed by atoms with Gasteiger partial charge in [-0.25, -0.2) is 12.8 Å². The molecule has 0 amide bonds. The van der Waals surface area contributed by atoms with E-state index in [4.69, 9.17) is 4.74 Å². The molecule has 0 fully saturated rings. The van der Waals surface area contributed by atoms with Crippen LogP contribution >= 0.6 is 0 Å². The topological polar surface area (TPSA) is 94.9 Å². The summed E-state index contributed by atoms with van der Waals surface area (Å²) in [7, 11) is -3.66. The first-order chi connectivity index (χ1) is 15.2. The Balaban J connectivity index is 1.86. The first kappa shape index (κ1) is 22.5. The van der Waals surface area contributed by atoms with Crippen LogP contribution in [-0.2, 0) is 21.0 Å². The number of hydroxylamine groups is 2. The van der Waals surface area contributed by atoms with Crippen LogP contribution in [0.4, 0.5) is 4.39 Å². The largest absolute Gasteiger partial charge is 0.628 e. The molecule has 4 rings (SSSR count). The summed E-state index contributed by atoms with van der Waals surface area (Å²) in [5.41, 5.74) is 1.98. The van der Waals surface area contributed by atoms with Gasteiger partial charge in [0, 0.05) is 30.9 Å². The van der Waals surface area contributed by atoms with Crippen molar-refractivity contribution < 1.29 is 22.6 Å². The highest BCUT2D eigenvalue weighted by atomic mass is 32.2. The van der Waals surface area contributed by atoms with E-state index in [9.17, 15) is 18.0 Å². The molecule has 0 aliphatic carbocycles. The van der Waals surface area contributed by atoms with Gasteiger partial charge in [-0.05, 0) is 36.2 Å². The zero-order valence-electron chi connectivity index (χ0n) is 17.9. The van der Waals surface area contributed by atoms with E-state index in [0.717, 1.165) is 17.4 Å². The quantitative estimate of drug-likeness (QED) is 0.596. The highest BCUT2D eigenvalue weighted by molar-refractivity contribution is 7.91. The van der Waals surface area contributed by atoms with Crippen LogP contribution in [0.15, 0.2) is 66.1 Å². The summed E-state index contributed by atoms with van der Waals surface area (Å²) < 4.78 is 44.4. The molecule has 2 aromatic rings. The van der Waals surface area contributed by atoms with Gasteiger partial charge in [0.1, 0.15) is 17.6 Å². The second-order valence-corrected chi connectivity index (χ2v) is 10.2. The normalized spacial score (nSPS) is 25.5. The van der Waals surface area contributed by atoms with Gasteiger partial charge in [-0.3, -0.25) is 5.32 Å². The summed E-state index contributed by atoms with van der Waals surface area (Å²) in [6.07, 6.45) is 2.83. The van der Waals surface area contributed by atoms with Crippen molar-refractivity contribution in [1.29, 1.82) is 0 Å². The molecule has 9 heteroatoms. The molecule has 0 saturated carbocycles. The lowest BCUT2D eigenvalue weighted by Crippen LogP contribution is -3.09. The Hall–Kier alpha value is -2.72. The highest BCUT2D eigenvalue weighted by Crippen LogP contribution is 2.24. The van der Waals surface area contributed by atoms with Crippen molar-refractivity contribution in [3.05, 3.63) is 93.8 Å². The molecule has 32 heavy (non-hydrogen) atoms. The molecule has 0 radical (unpaired) electrons. The predicted molar refractivity (Wildman–Crippen MR) is 120 cm³/mol. The molecule has 3 atom stereocenters.